The van der Waals surface area contributed by atoms with Crippen molar-refractivity contribution in [3.8, 4) is 0 Å². The Morgan fingerprint density at radius 1 is 0.812 bits per heavy atom. The molecule has 0 saturated carbocycles. The predicted molar refractivity (Wildman–Crippen MR) is 175 cm³/mol. The number of aliphatic imine (C=N–C) groups is 1. The number of carboxylic acid groups (broad SMARTS) is 2. The molecule has 0 aliphatic carbocycles. The van der Waals surface area contributed by atoms with Crippen molar-refractivity contribution in [2.24, 2.45) is 4.99 Å². The summed E-state index contributed by atoms with van der Waals surface area (Å²) in [6.45, 7) is 2.82. The van der Waals surface area contributed by atoms with Gasteiger partial charge in [-0.3, -0.25) is 19.9 Å². The molecule has 10 nitrogen and oxygen atoms in total. The van der Waals surface area contributed by atoms with Gasteiger partial charge in [0.1, 0.15) is 6.04 Å². The number of amides is 1. The molecule has 0 unspecified atom stereocenters. The van der Waals surface area contributed by atoms with Crippen LogP contribution in [-0.2, 0) is 19.9 Å². The third-order valence-electron chi connectivity index (χ3n) is 7.87. The van der Waals surface area contributed by atoms with Crippen LogP contribution in [0, 0.1) is 0 Å². The molecule has 0 bridgehead atoms. The molecule has 0 aliphatic heterocycles. The molecule has 246 valence electrons. The number of carbonyl (C=O) groups is 3. The number of nitrogens with zero attached hydrogens (tertiary/aromatic N) is 2. The van der Waals surface area contributed by atoms with Crippen LogP contribution in [0.5, 0.6) is 0 Å². The Morgan fingerprint density at radius 2 is 1.38 bits per heavy atom. The van der Waals surface area contributed by atoms with Crippen molar-refractivity contribution < 1.29 is 88.8 Å². The molecule has 0 aromatic heterocycles. The van der Waals surface area contributed by atoms with Gasteiger partial charge < -0.3 is 30.3 Å². The summed E-state index contributed by atoms with van der Waals surface area (Å²) in [7, 11) is 1.53. The maximum atomic E-state index is 12.3. The SMILES string of the molecule is CNC(=O)[C@H](CCCCNC(c1ccccc1)(c1ccccc1)c1cccc(N(CCCC(=O)[O-])CCCC(=O)O)c1)N=C(C)[O-].[Na+].[Na+]. The van der Waals surface area contributed by atoms with Gasteiger partial charge in [-0.15, -0.1) is 0 Å². The number of nitrogens with one attached hydrogen (secondary N) is 2. The Labute approximate surface area is 328 Å². The number of hydrogen-bond acceptors (Lipinski definition) is 8. The molecular weight excluding hydrogens is 630 g/mol. The van der Waals surface area contributed by atoms with Gasteiger partial charge in [0.05, 0.1) is 5.54 Å². The molecule has 3 aromatic carbocycles. The van der Waals surface area contributed by atoms with Gasteiger partial charge in [-0.25, -0.2) is 0 Å². The van der Waals surface area contributed by atoms with Crippen LogP contribution < -0.4 is 84.9 Å². The van der Waals surface area contributed by atoms with Crippen LogP contribution in [0.2, 0.25) is 0 Å². The summed E-state index contributed by atoms with van der Waals surface area (Å²) in [5.74, 6) is -2.66. The van der Waals surface area contributed by atoms with Crippen LogP contribution in [0.3, 0.4) is 0 Å². The Kier molecular flexibility index (Phi) is 20.6. The van der Waals surface area contributed by atoms with Gasteiger partial charge in [-0.05, 0) is 86.7 Å². The maximum Gasteiger partial charge on any atom is 1.00 e. The van der Waals surface area contributed by atoms with E-state index < -0.39 is 23.5 Å². The van der Waals surface area contributed by atoms with E-state index in [-0.39, 0.29) is 83.8 Å². The van der Waals surface area contributed by atoms with E-state index in [2.05, 4.69) is 52.0 Å². The quantitative estimate of drug-likeness (QED) is 0.0373. The van der Waals surface area contributed by atoms with Crippen molar-refractivity contribution in [2.75, 3.05) is 31.6 Å². The molecule has 48 heavy (non-hydrogen) atoms. The number of aliphatic carboxylic acids is 2. The van der Waals surface area contributed by atoms with E-state index in [0.29, 0.717) is 51.7 Å². The normalized spacial score (nSPS) is 11.8. The number of rotatable bonds is 20. The largest absolute Gasteiger partial charge is 1.00 e. The van der Waals surface area contributed by atoms with Crippen LogP contribution in [-0.4, -0.2) is 61.6 Å². The second kappa shape index (κ2) is 22.8. The summed E-state index contributed by atoms with van der Waals surface area (Å²) in [6, 6.07) is 27.5. The van der Waals surface area contributed by atoms with E-state index in [4.69, 9.17) is 0 Å². The first-order valence-electron chi connectivity index (χ1n) is 15.7. The third kappa shape index (κ3) is 13.3. The Hall–Kier alpha value is -2.70. The van der Waals surface area contributed by atoms with Crippen LogP contribution in [0.25, 0.3) is 0 Å². The second-order valence-electron chi connectivity index (χ2n) is 11.2. The van der Waals surface area contributed by atoms with Crippen LogP contribution >= 0.6 is 0 Å². The van der Waals surface area contributed by atoms with E-state index in [1.165, 1.54) is 14.0 Å². The molecule has 0 spiro atoms. The van der Waals surface area contributed by atoms with E-state index in [1.54, 1.807) is 0 Å². The molecule has 0 radical (unpaired) electrons. The summed E-state index contributed by atoms with van der Waals surface area (Å²) < 4.78 is 0. The fourth-order valence-electron chi connectivity index (χ4n) is 5.70. The maximum absolute atomic E-state index is 12.3. The van der Waals surface area contributed by atoms with Crippen LogP contribution in [0.15, 0.2) is 89.9 Å². The zero-order valence-electron chi connectivity index (χ0n) is 28.6. The van der Waals surface area contributed by atoms with Gasteiger partial charge >= 0.3 is 65.1 Å². The first kappa shape index (κ1) is 43.3. The van der Waals surface area contributed by atoms with Crippen molar-refractivity contribution in [3.05, 3.63) is 102 Å². The van der Waals surface area contributed by atoms with Gasteiger partial charge in [0.15, 0.2) is 0 Å². The minimum Gasteiger partial charge on any atom is -0.862 e. The van der Waals surface area contributed by atoms with Crippen LogP contribution in [0.4, 0.5) is 5.69 Å². The fourth-order valence-corrected chi connectivity index (χ4v) is 5.70. The summed E-state index contributed by atoms with van der Waals surface area (Å²) in [6.07, 6.45) is 2.53. The Bertz CT molecular complexity index is 1380. The second-order valence-corrected chi connectivity index (χ2v) is 11.2. The number of hydrogen-bond donors (Lipinski definition) is 3. The summed E-state index contributed by atoms with van der Waals surface area (Å²) >= 11 is 0. The van der Waals surface area contributed by atoms with Crippen molar-refractivity contribution in [2.45, 2.75) is 63.5 Å². The van der Waals surface area contributed by atoms with Gasteiger partial charge in [-0.1, -0.05) is 72.8 Å². The average Bonchev–Trinajstić information content (AvgIpc) is 3.05. The number of unbranched alkanes of at least 4 members (excludes halogenated alkanes) is 1. The van der Waals surface area contributed by atoms with E-state index in [9.17, 15) is 29.7 Å². The standard InChI is InChI=1S/C36H46N4O6.2Na/c1-27(41)39-32(35(46)37-2)20-9-10-23-38-36(28-14-5-3-6-15-28,29-16-7-4-8-17-29)30-18-11-19-31(26-30)40(24-12-21-33(42)43)25-13-22-34(44)45;;/h3-8,11,14-19,26,32,38H,9-10,12-13,20-25H2,1-2H3,(H,37,46)(H,39,41)(H,42,43)(H,44,45);;/q;2*+1/p-2/t32-;;/m0../s1. The van der Waals surface area contributed by atoms with Crippen molar-refractivity contribution in [3.63, 3.8) is 0 Å². The summed E-state index contributed by atoms with van der Waals surface area (Å²) in [5.41, 5.74) is 3.07. The van der Waals surface area contributed by atoms with E-state index >= 15 is 0 Å². The smallest absolute Gasteiger partial charge is 0.862 e. The summed E-state index contributed by atoms with van der Waals surface area (Å²) in [4.78, 5) is 40.7. The minimum atomic E-state index is -1.12. The first-order valence-corrected chi connectivity index (χ1v) is 15.7. The van der Waals surface area contributed by atoms with Gasteiger partial charge in [0, 0.05) is 38.2 Å². The van der Waals surface area contributed by atoms with E-state index in [1.807, 2.05) is 53.4 Å². The predicted octanol–water partition coefficient (Wildman–Crippen LogP) is -3.16. The molecule has 3 aromatic rings. The first-order chi connectivity index (χ1) is 22.2. The number of carbonyl (C=O) groups excluding carboxylic acids is 2. The van der Waals surface area contributed by atoms with Gasteiger partial charge in [0.25, 0.3) is 0 Å². The minimum absolute atomic E-state index is 0. The Morgan fingerprint density at radius 3 is 1.90 bits per heavy atom. The Balaban J connectivity index is 0.00000576. The number of anilines is 1. The molecule has 12 heteroatoms. The van der Waals surface area contributed by atoms with E-state index in [0.717, 1.165) is 22.4 Å². The number of benzene rings is 3. The van der Waals surface area contributed by atoms with Crippen molar-refractivity contribution in [1.29, 1.82) is 0 Å². The fraction of sp³-hybridized carbons (Fsp3) is 0.389. The molecule has 3 N–H and O–H groups in total. The van der Waals surface area contributed by atoms with Crippen molar-refractivity contribution in [1.82, 2.24) is 10.6 Å². The van der Waals surface area contributed by atoms with Gasteiger partial charge in [-0.2, -0.15) is 0 Å². The zero-order chi connectivity index (χ0) is 33.4. The monoisotopic (exact) mass is 674 g/mol. The number of carboxylic acids is 2. The molecule has 1 amide bonds. The molecule has 0 heterocycles. The molecule has 3 rings (SSSR count). The topological polar surface area (TPSA) is 157 Å². The molecule has 1 atom stereocenters. The molecular formula is C36H44N4Na2O6. The van der Waals surface area contributed by atoms with Gasteiger partial charge in [0.2, 0.25) is 5.91 Å². The number of likely N-dealkylation sites (N-methyl/N-ethyl adjacent to an activating group) is 1. The molecule has 0 aliphatic rings. The zero-order valence-corrected chi connectivity index (χ0v) is 32.6. The third-order valence-corrected chi connectivity index (χ3v) is 7.87. The average molecular weight is 675 g/mol. The summed E-state index contributed by atoms with van der Waals surface area (Å²) in [5, 5.41) is 38.4. The molecule has 0 saturated heterocycles. The van der Waals surface area contributed by atoms with Crippen molar-refractivity contribution >= 4 is 29.4 Å². The van der Waals surface area contributed by atoms with Crippen LogP contribution in [0.1, 0.15) is 68.6 Å². The molecule has 0 fully saturated rings.